The highest BCUT2D eigenvalue weighted by molar-refractivity contribution is 7.16. The molecule has 11 heteroatoms. The van der Waals surface area contributed by atoms with E-state index >= 15 is 0 Å². The van der Waals surface area contributed by atoms with Gasteiger partial charge in [0.1, 0.15) is 24.7 Å². The monoisotopic (exact) mass is 489 g/mol. The van der Waals surface area contributed by atoms with Gasteiger partial charge in [0.25, 0.3) is 0 Å². The molecule has 1 saturated heterocycles. The smallest absolute Gasteiger partial charge is 0.414 e. The maximum atomic E-state index is 10.9. The molecule has 1 aromatic carbocycles. The van der Waals surface area contributed by atoms with Crippen LogP contribution in [0.5, 0.6) is 11.8 Å². The number of benzene rings is 1. The lowest BCUT2D eigenvalue weighted by atomic mass is 10.2. The van der Waals surface area contributed by atoms with Crippen molar-refractivity contribution in [3.63, 3.8) is 0 Å². The summed E-state index contributed by atoms with van der Waals surface area (Å²) in [6, 6.07) is 12.5. The molecule has 4 heterocycles. The van der Waals surface area contributed by atoms with Gasteiger partial charge in [0.15, 0.2) is 0 Å². The third kappa shape index (κ3) is 5.23. The van der Waals surface area contributed by atoms with Crippen LogP contribution in [0.1, 0.15) is 11.3 Å². The van der Waals surface area contributed by atoms with E-state index in [0.717, 1.165) is 42.8 Å². The maximum absolute atomic E-state index is 10.9. The van der Waals surface area contributed by atoms with Gasteiger partial charge in [0.05, 0.1) is 4.34 Å². The Bertz CT molecular complexity index is 1110. The van der Waals surface area contributed by atoms with E-state index in [-0.39, 0.29) is 17.9 Å². The highest BCUT2D eigenvalue weighted by Crippen LogP contribution is 2.26. The number of piperazine rings is 1. The van der Waals surface area contributed by atoms with Crippen LogP contribution in [0.15, 0.2) is 42.6 Å². The van der Waals surface area contributed by atoms with Crippen molar-refractivity contribution in [2.75, 3.05) is 37.7 Å². The van der Waals surface area contributed by atoms with Crippen molar-refractivity contribution in [1.82, 2.24) is 14.5 Å². The number of hydrogen-bond donors (Lipinski definition) is 0. The Labute approximate surface area is 200 Å². The van der Waals surface area contributed by atoms with Gasteiger partial charge in [-0.25, -0.2) is 0 Å². The molecule has 0 N–H and O–H groups in total. The van der Waals surface area contributed by atoms with Crippen LogP contribution in [-0.2, 0) is 13.1 Å². The summed E-state index contributed by atoms with van der Waals surface area (Å²) in [6.07, 6.45) is 1.93. The number of ether oxygens (including phenoxy) is 2. The minimum absolute atomic E-state index is 0.189. The number of nitrogens with zero attached hydrogens (tertiary/aromatic N) is 5. The molecular formula is C22H24ClN5O4S. The van der Waals surface area contributed by atoms with Gasteiger partial charge in [-0.05, 0) is 41.3 Å². The number of nitro groups is 1. The van der Waals surface area contributed by atoms with Crippen molar-refractivity contribution in [3.8, 4) is 11.8 Å². The Balaban J connectivity index is 1.09. The zero-order valence-corrected chi connectivity index (χ0v) is 19.5. The van der Waals surface area contributed by atoms with Gasteiger partial charge in [0, 0.05) is 61.2 Å². The number of aryl methyl sites for hydroxylation is 1. The van der Waals surface area contributed by atoms with Crippen LogP contribution in [-0.4, -0.2) is 58.3 Å². The molecule has 5 rings (SSSR count). The van der Waals surface area contributed by atoms with Crippen molar-refractivity contribution in [3.05, 3.63) is 61.9 Å². The third-order valence-corrected chi connectivity index (χ3v) is 7.11. The van der Waals surface area contributed by atoms with Crippen LogP contribution in [0.3, 0.4) is 0 Å². The molecule has 3 aromatic rings. The number of thiophene rings is 1. The fraction of sp³-hybridized carbons (Fsp3) is 0.409. The highest BCUT2D eigenvalue weighted by Gasteiger charge is 2.28. The van der Waals surface area contributed by atoms with Crippen LogP contribution < -0.4 is 14.4 Å². The van der Waals surface area contributed by atoms with E-state index in [0.29, 0.717) is 19.6 Å². The first-order valence-corrected chi connectivity index (χ1v) is 12.1. The number of imidazole rings is 1. The molecule has 0 saturated carbocycles. The van der Waals surface area contributed by atoms with E-state index in [1.807, 2.05) is 18.2 Å². The van der Waals surface area contributed by atoms with E-state index in [4.69, 9.17) is 21.1 Å². The van der Waals surface area contributed by atoms with Crippen molar-refractivity contribution in [1.29, 1.82) is 0 Å². The zero-order chi connectivity index (χ0) is 22.8. The molecule has 0 bridgehead atoms. The summed E-state index contributed by atoms with van der Waals surface area (Å²) in [5.74, 6) is 0.578. The average molecular weight is 490 g/mol. The van der Waals surface area contributed by atoms with Crippen LogP contribution in [0, 0.1) is 10.1 Å². The molecule has 1 unspecified atom stereocenters. The van der Waals surface area contributed by atoms with Crippen molar-refractivity contribution in [2.24, 2.45) is 0 Å². The molecule has 174 valence electrons. The first kappa shape index (κ1) is 22.0. The van der Waals surface area contributed by atoms with E-state index in [2.05, 4.69) is 33.0 Å². The molecule has 2 aromatic heterocycles. The summed E-state index contributed by atoms with van der Waals surface area (Å²) in [4.78, 5) is 20.4. The van der Waals surface area contributed by atoms with Crippen LogP contribution in [0.2, 0.25) is 4.34 Å². The molecular weight excluding hydrogens is 466 g/mol. The second-order valence-electron chi connectivity index (χ2n) is 8.13. The molecule has 0 amide bonds. The summed E-state index contributed by atoms with van der Waals surface area (Å²) in [5.41, 5.74) is 1.18. The third-order valence-electron chi connectivity index (χ3n) is 5.90. The number of fused-ring (bicyclic) bond motifs is 1. The number of anilines is 1. The predicted octanol–water partition coefficient (Wildman–Crippen LogP) is 4.06. The van der Waals surface area contributed by atoms with Gasteiger partial charge in [-0.1, -0.05) is 11.6 Å². The second kappa shape index (κ2) is 9.58. The SMILES string of the molecule is O=[N+]([O-])c1cn2c(n1)OC(COc1ccc(N3CCN(Cc4ccc(Cl)s4)CC3)cc1)CC2. The molecule has 0 aliphatic carbocycles. The van der Waals surface area contributed by atoms with Crippen molar-refractivity contribution < 1.29 is 14.4 Å². The Morgan fingerprint density at radius 3 is 2.64 bits per heavy atom. The van der Waals surface area contributed by atoms with Gasteiger partial charge in [-0.2, -0.15) is 0 Å². The molecule has 1 fully saturated rings. The zero-order valence-electron chi connectivity index (χ0n) is 17.9. The summed E-state index contributed by atoms with van der Waals surface area (Å²) in [5, 5.41) is 10.9. The van der Waals surface area contributed by atoms with Crippen LogP contribution in [0.4, 0.5) is 11.5 Å². The van der Waals surface area contributed by atoms with Gasteiger partial charge in [-0.15, -0.1) is 11.3 Å². The molecule has 2 aliphatic heterocycles. The maximum Gasteiger partial charge on any atom is 0.414 e. The van der Waals surface area contributed by atoms with E-state index in [1.165, 1.54) is 16.8 Å². The molecule has 0 radical (unpaired) electrons. The Morgan fingerprint density at radius 2 is 1.94 bits per heavy atom. The van der Waals surface area contributed by atoms with E-state index in [9.17, 15) is 10.1 Å². The quantitative estimate of drug-likeness (QED) is 0.365. The molecule has 0 spiro atoms. The molecule has 9 nitrogen and oxygen atoms in total. The second-order valence-corrected chi connectivity index (χ2v) is 9.93. The van der Waals surface area contributed by atoms with Crippen molar-refractivity contribution in [2.45, 2.75) is 25.6 Å². The first-order chi connectivity index (χ1) is 16.0. The molecule has 1 atom stereocenters. The lowest BCUT2D eigenvalue weighted by molar-refractivity contribution is -0.389. The fourth-order valence-corrected chi connectivity index (χ4v) is 5.23. The minimum atomic E-state index is -0.513. The highest BCUT2D eigenvalue weighted by atomic mass is 35.5. The normalized spacial score (nSPS) is 18.6. The summed E-state index contributed by atoms with van der Waals surface area (Å²) < 4.78 is 14.2. The van der Waals surface area contributed by atoms with Crippen LogP contribution in [0.25, 0.3) is 0 Å². The fourth-order valence-electron chi connectivity index (χ4n) is 4.10. The standard InChI is InChI=1S/C22H24ClN5O4S/c23-20-6-5-19(33-20)13-25-9-11-26(12-10-25)16-1-3-17(4-2-16)31-15-18-7-8-27-14-21(28(29)30)24-22(27)32-18/h1-6,14,18H,7-13,15H2. The minimum Gasteiger partial charge on any atom is -0.490 e. The van der Waals surface area contributed by atoms with Crippen LogP contribution >= 0.6 is 22.9 Å². The summed E-state index contributed by atoms with van der Waals surface area (Å²) >= 11 is 7.69. The molecule has 33 heavy (non-hydrogen) atoms. The average Bonchev–Trinajstić information content (AvgIpc) is 3.44. The first-order valence-electron chi connectivity index (χ1n) is 10.9. The Hall–Kier alpha value is -2.82. The Kier molecular flexibility index (Phi) is 6.39. The number of halogens is 1. The van der Waals surface area contributed by atoms with E-state index in [1.54, 1.807) is 15.9 Å². The Morgan fingerprint density at radius 1 is 1.15 bits per heavy atom. The van der Waals surface area contributed by atoms with Gasteiger partial charge in [-0.3, -0.25) is 9.47 Å². The van der Waals surface area contributed by atoms with Crippen molar-refractivity contribution >= 4 is 34.4 Å². The molecule has 2 aliphatic rings. The number of aromatic nitrogens is 2. The number of rotatable bonds is 7. The van der Waals surface area contributed by atoms with Gasteiger partial charge < -0.3 is 24.5 Å². The summed E-state index contributed by atoms with van der Waals surface area (Å²) in [6.45, 7) is 5.93. The van der Waals surface area contributed by atoms with Gasteiger partial charge in [0.2, 0.25) is 0 Å². The summed E-state index contributed by atoms with van der Waals surface area (Å²) in [7, 11) is 0. The lowest BCUT2D eigenvalue weighted by Crippen LogP contribution is -2.45. The lowest BCUT2D eigenvalue weighted by Gasteiger charge is -2.36. The number of hydrogen-bond acceptors (Lipinski definition) is 8. The topological polar surface area (TPSA) is 85.9 Å². The van der Waals surface area contributed by atoms with E-state index < -0.39 is 4.92 Å². The van der Waals surface area contributed by atoms with Gasteiger partial charge >= 0.3 is 11.8 Å². The largest absolute Gasteiger partial charge is 0.490 e. The predicted molar refractivity (Wildman–Crippen MR) is 127 cm³/mol.